The number of unbranched alkanes of at least 4 members (excludes halogenated alkanes) is 2. The van der Waals surface area contributed by atoms with Crippen molar-refractivity contribution in [3.05, 3.63) is 58.3 Å². The lowest BCUT2D eigenvalue weighted by Crippen LogP contribution is -2.66. The monoisotopic (exact) mass is 598 g/mol. The smallest absolute Gasteiger partial charge is 0.352 e. The minimum absolute atomic E-state index is 0.0376. The predicted molar refractivity (Wildman–Crippen MR) is 167 cm³/mol. The van der Waals surface area contributed by atoms with E-state index >= 15 is 0 Å². The van der Waals surface area contributed by atoms with Gasteiger partial charge in [0.25, 0.3) is 5.17 Å². The summed E-state index contributed by atoms with van der Waals surface area (Å²) in [6, 6.07) is 3.49. The second-order valence-electron chi connectivity index (χ2n) is 12.4. The van der Waals surface area contributed by atoms with E-state index in [-0.39, 0.29) is 47.0 Å². The van der Waals surface area contributed by atoms with Crippen molar-refractivity contribution in [2.24, 2.45) is 17.8 Å². The van der Waals surface area contributed by atoms with Crippen molar-refractivity contribution < 1.29 is 30.0 Å². The van der Waals surface area contributed by atoms with Gasteiger partial charge in [-0.2, -0.15) is 0 Å². The van der Waals surface area contributed by atoms with E-state index in [1.54, 1.807) is 6.92 Å². The number of aliphatic hydroxyl groups excluding tert-OH is 2. The number of carboxylic acids is 1. The van der Waals surface area contributed by atoms with Gasteiger partial charge >= 0.3 is 5.97 Å². The zero-order valence-corrected chi connectivity index (χ0v) is 26.2. The number of aliphatic carboxylic acids is 1. The minimum Gasteiger partial charge on any atom is -0.507 e. The molecule has 0 spiro atoms. The summed E-state index contributed by atoms with van der Waals surface area (Å²) in [6.07, 6.45) is 6.25. The van der Waals surface area contributed by atoms with Gasteiger partial charge in [-0.25, -0.2) is 4.79 Å². The highest BCUT2D eigenvalue weighted by atomic mass is 32.1. The first kappa shape index (κ1) is 32.0. The quantitative estimate of drug-likeness (QED) is 0.130. The highest BCUT2D eigenvalue weighted by Crippen LogP contribution is 2.50. The Morgan fingerprint density at radius 1 is 1.31 bits per heavy atom. The van der Waals surface area contributed by atoms with Crippen LogP contribution >= 0.6 is 12.2 Å². The first-order chi connectivity index (χ1) is 19.9. The molecule has 2 heterocycles. The van der Waals surface area contributed by atoms with Gasteiger partial charge < -0.3 is 35.4 Å². The number of aromatic hydroxyl groups is 1. The summed E-state index contributed by atoms with van der Waals surface area (Å²) in [5.74, 6) is -1.10. The molecule has 42 heavy (non-hydrogen) atoms. The van der Waals surface area contributed by atoms with Crippen LogP contribution in [0.15, 0.2) is 47.2 Å². The average Bonchev–Trinajstić information content (AvgIpc) is 3.15. The Labute approximate surface area is 254 Å². The van der Waals surface area contributed by atoms with E-state index in [1.807, 2.05) is 26.0 Å². The molecular formula is C33H46N2O6S. The maximum absolute atomic E-state index is 12.2. The molecule has 7 atom stereocenters. The van der Waals surface area contributed by atoms with Crippen LogP contribution in [0.3, 0.4) is 0 Å². The number of carbonyl (C=O) groups is 1. The molecule has 1 fully saturated rings. The van der Waals surface area contributed by atoms with Gasteiger partial charge in [0.05, 0.1) is 12.0 Å². The third kappa shape index (κ3) is 6.24. The number of phenols is 1. The largest absolute Gasteiger partial charge is 0.507 e. The first-order valence-corrected chi connectivity index (χ1v) is 15.5. The van der Waals surface area contributed by atoms with Gasteiger partial charge in [0, 0.05) is 30.0 Å². The molecule has 2 unspecified atom stereocenters. The lowest BCUT2D eigenvalue weighted by Gasteiger charge is -2.53. The summed E-state index contributed by atoms with van der Waals surface area (Å²) >= 11 is 5.61. The Morgan fingerprint density at radius 3 is 2.64 bits per heavy atom. The Balaban J connectivity index is 1.61. The van der Waals surface area contributed by atoms with Crippen molar-refractivity contribution in [1.82, 2.24) is 10.2 Å². The van der Waals surface area contributed by atoms with E-state index in [9.17, 15) is 25.2 Å². The maximum Gasteiger partial charge on any atom is 0.352 e. The molecule has 9 heteroatoms. The number of nitrogens with zero attached hydrogens (tertiary/aromatic N) is 1. The van der Waals surface area contributed by atoms with Crippen molar-refractivity contribution in [3.8, 4) is 11.5 Å². The summed E-state index contributed by atoms with van der Waals surface area (Å²) in [6.45, 7) is 14.1. The molecule has 4 rings (SSSR count). The summed E-state index contributed by atoms with van der Waals surface area (Å²) in [4.78, 5) is 13.7. The molecule has 0 amide bonds. The number of hydrogen-bond acceptors (Lipinski definition) is 7. The average molecular weight is 599 g/mol. The molecule has 0 radical (unpaired) electrons. The number of rotatable bonds is 11. The molecule has 0 saturated carbocycles. The number of carboxylic acid groups (broad SMARTS) is 1. The van der Waals surface area contributed by atoms with E-state index in [2.05, 4.69) is 31.8 Å². The van der Waals surface area contributed by atoms with Crippen LogP contribution in [0.2, 0.25) is 0 Å². The van der Waals surface area contributed by atoms with Crippen LogP contribution in [0.4, 0.5) is 0 Å². The molecule has 0 aromatic heterocycles. The van der Waals surface area contributed by atoms with Gasteiger partial charge in [-0.15, -0.1) is 0 Å². The fraction of sp³-hybridized carbons (Fsp3) is 0.576. The zero-order chi connectivity index (χ0) is 30.9. The lowest BCUT2D eigenvalue weighted by atomic mass is 9.73. The molecule has 5 N–H and O–H groups in total. The Hall–Kier alpha value is -2.88. The Kier molecular flexibility index (Phi) is 10.1. The van der Waals surface area contributed by atoms with Crippen molar-refractivity contribution in [2.75, 3.05) is 6.54 Å². The van der Waals surface area contributed by atoms with E-state index in [0.717, 1.165) is 49.7 Å². The van der Waals surface area contributed by atoms with Crippen molar-refractivity contribution in [1.29, 1.82) is 0 Å². The van der Waals surface area contributed by atoms with Crippen LogP contribution in [0.25, 0.3) is 0 Å². The molecule has 1 aliphatic carbocycles. The Bertz CT molecular complexity index is 1290. The van der Waals surface area contributed by atoms with E-state index in [0.29, 0.717) is 16.9 Å². The number of ether oxygens (including phenoxy) is 1. The highest BCUT2D eigenvalue weighted by Gasteiger charge is 2.59. The number of nitrogens with one attached hydrogen (secondary N) is 1. The lowest BCUT2D eigenvalue weighted by molar-refractivity contribution is -0.192. The van der Waals surface area contributed by atoms with Crippen LogP contribution in [0.1, 0.15) is 83.8 Å². The van der Waals surface area contributed by atoms with Crippen LogP contribution in [-0.4, -0.2) is 61.4 Å². The van der Waals surface area contributed by atoms with Crippen molar-refractivity contribution in [2.45, 2.75) is 97.4 Å². The van der Waals surface area contributed by atoms with Gasteiger partial charge in [0.15, 0.2) is 0 Å². The second kappa shape index (κ2) is 13.2. The first-order valence-electron chi connectivity index (χ1n) is 15.1. The summed E-state index contributed by atoms with van der Waals surface area (Å²) in [5.41, 5.74) is 4.57. The molecule has 8 nitrogen and oxygen atoms in total. The van der Waals surface area contributed by atoms with E-state index < -0.39 is 24.2 Å². The predicted octanol–water partition coefficient (Wildman–Crippen LogP) is 5.38. The van der Waals surface area contributed by atoms with Gasteiger partial charge in [-0.05, 0) is 87.9 Å². The molecule has 3 aliphatic rings. The number of aliphatic hydroxyl groups is 2. The summed E-state index contributed by atoms with van der Waals surface area (Å²) in [5, 5.41) is 45.3. The molecule has 230 valence electrons. The molecule has 0 bridgehead atoms. The van der Waals surface area contributed by atoms with Crippen LogP contribution in [0, 0.1) is 17.8 Å². The van der Waals surface area contributed by atoms with Crippen LogP contribution < -0.4 is 10.1 Å². The number of benzene rings is 1. The topological polar surface area (TPSA) is 122 Å². The molecule has 1 saturated heterocycles. The second-order valence-corrected chi connectivity index (χ2v) is 12.7. The summed E-state index contributed by atoms with van der Waals surface area (Å²) < 4.78 is 6.26. The Morgan fingerprint density at radius 2 is 2.02 bits per heavy atom. The fourth-order valence-electron chi connectivity index (χ4n) is 7.11. The number of allylic oxidation sites excluding steroid dienone is 3. The molecular weight excluding hydrogens is 552 g/mol. The third-order valence-corrected chi connectivity index (χ3v) is 9.54. The number of thiocarbonyl (C=S) groups is 1. The van der Waals surface area contributed by atoms with Gasteiger partial charge in [0.2, 0.25) is 0 Å². The number of hydrogen-bond donors (Lipinski definition) is 5. The summed E-state index contributed by atoms with van der Waals surface area (Å²) in [7, 11) is 0. The van der Waals surface area contributed by atoms with Gasteiger partial charge in [-0.3, -0.25) is 0 Å². The number of phenolic OH excluding ortho intramolecular Hbond substituents is 1. The SMILES string of the molecule is C=C(C)[C@@H]1CCC(C)=C[C@H]1c1c(O)cc(CCCCC)cc1OC(=S)NCC1=C(C(=O)O)N2C(O)[C@H]([C@@H](C)O)C2[C@H]1C. The van der Waals surface area contributed by atoms with Gasteiger partial charge in [-0.1, -0.05) is 50.5 Å². The standard InChI is InChI=1S/C33H46N2O6S/c1-7-8-9-10-21-14-25(37)28(23-13-18(4)11-12-22(23)17(2)3)26(15-21)41-33(42)34-16-24-19(5)29-27(20(6)36)31(38)35(29)30(24)32(39)40/h13-15,19-20,22-23,27,29,31,36-38H,2,7-12,16H2,1,3-6H3,(H,34,42)(H,39,40)/t19-,20+,22-,23+,27+,29?,31?/m0/s1. The highest BCUT2D eigenvalue weighted by molar-refractivity contribution is 7.80. The molecule has 1 aromatic rings. The zero-order valence-electron chi connectivity index (χ0n) is 25.4. The van der Waals surface area contributed by atoms with E-state index in [1.165, 1.54) is 10.5 Å². The van der Waals surface area contributed by atoms with E-state index in [4.69, 9.17) is 17.0 Å². The fourth-order valence-corrected chi connectivity index (χ4v) is 7.27. The molecule has 2 aliphatic heterocycles. The number of aryl methyl sites for hydroxylation is 1. The van der Waals surface area contributed by atoms with Crippen LogP contribution in [0.5, 0.6) is 11.5 Å². The van der Waals surface area contributed by atoms with Gasteiger partial charge in [0.1, 0.15) is 23.4 Å². The van der Waals surface area contributed by atoms with Crippen LogP contribution in [-0.2, 0) is 11.2 Å². The molecule has 1 aromatic carbocycles. The van der Waals surface area contributed by atoms with Crippen molar-refractivity contribution >= 4 is 23.4 Å². The normalized spacial score (nSPS) is 27.6. The minimum atomic E-state index is -1.13. The third-order valence-electron chi connectivity index (χ3n) is 9.32. The maximum atomic E-state index is 12.2. The number of fused-ring (bicyclic) bond motifs is 1. The van der Waals surface area contributed by atoms with Crippen molar-refractivity contribution in [3.63, 3.8) is 0 Å².